The Morgan fingerprint density at radius 2 is 1.94 bits per heavy atom. The number of nitrogens with one attached hydrogen (secondary N) is 2. The molecule has 106 valence electrons. The van der Waals surface area contributed by atoms with Gasteiger partial charge < -0.3 is 10.6 Å². The second kappa shape index (κ2) is 7.10. The summed E-state index contributed by atoms with van der Waals surface area (Å²) in [6, 6.07) is 0.726. The van der Waals surface area contributed by atoms with Crippen molar-refractivity contribution in [3.8, 4) is 0 Å². The molecule has 0 saturated carbocycles. The maximum atomic E-state index is 12.0. The summed E-state index contributed by atoms with van der Waals surface area (Å²) in [6.45, 7) is 10.3. The van der Waals surface area contributed by atoms with Crippen LogP contribution in [0.4, 0.5) is 0 Å². The number of nitrogens with zero attached hydrogens (tertiary/aromatic N) is 1. The Kier molecular flexibility index (Phi) is 6.09. The molecule has 0 spiro atoms. The van der Waals surface area contributed by atoms with Gasteiger partial charge in [0.1, 0.15) is 0 Å². The summed E-state index contributed by atoms with van der Waals surface area (Å²) in [4.78, 5) is 14.3. The Morgan fingerprint density at radius 1 is 1.28 bits per heavy atom. The Labute approximate surface area is 111 Å². The van der Waals surface area contributed by atoms with E-state index < -0.39 is 0 Å². The van der Waals surface area contributed by atoms with E-state index in [2.05, 4.69) is 22.5 Å². The quantitative estimate of drug-likeness (QED) is 0.776. The van der Waals surface area contributed by atoms with Crippen molar-refractivity contribution in [2.45, 2.75) is 58.7 Å². The SMILES string of the molecule is CNC(C)C1CCCN(C(C)C(=O)NC(C)C)C1. The molecule has 3 atom stereocenters. The molecule has 4 heteroatoms. The smallest absolute Gasteiger partial charge is 0.237 e. The predicted molar refractivity (Wildman–Crippen MR) is 75.6 cm³/mol. The van der Waals surface area contributed by atoms with Crippen molar-refractivity contribution >= 4 is 5.91 Å². The van der Waals surface area contributed by atoms with Gasteiger partial charge in [-0.3, -0.25) is 9.69 Å². The monoisotopic (exact) mass is 255 g/mol. The molecule has 1 aliphatic rings. The van der Waals surface area contributed by atoms with E-state index in [1.807, 2.05) is 27.8 Å². The molecule has 2 N–H and O–H groups in total. The van der Waals surface area contributed by atoms with Crippen molar-refractivity contribution in [2.75, 3.05) is 20.1 Å². The molecule has 18 heavy (non-hydrogen) atoms. The average Bonchev–Trinajstić information content (AvgIpc) is 2.36. The fourth-order valence-electron chi connectivity index (χ4n) is 2.61. The van der Waals surface area contributed by atoms with Crippen molar-refractivity contribution < 1.29 is 4.79 Å². The molecule has 1 fully saturated rings. The van der Waals surface area contributed by atoms with Crippen LogP contribution in [0.1, 0.15) is 40.5 Å². The van der Waals surface area contributed by atoms with Gasteiger partial charge in [-0.1, -0.05) is 0 Å². The minimum absolute atomic E-state index is 0.0146. The number of hydrogen-bond donors (Lipinski definition) is 2. The fraction of sp³-hybridized carbons (Fsp3) is 0.929. The largest absolute Gasteiger partial charge is 0.353 e. The van der Waals surface area contributed by atoms with E-state index in [9.17, 15) is 4.79 Å². The van der Waals surface area contributed by atoms with Gasteiger partial charge in [0.2, 0.25) is 5.91 Å². The van der Waals surface area contributed by atoms with Crippen LogP contribution in [0.5, 0.6) is 0 Å². The standard InChI is InChI=1S/C14H29N3O/c1-10(2)16-14(18)12(4)17-8-6-7-13(9-17)11(3)15-5/h10-13,15H,6-9H2,1-5H3,(H,16,18). The molecule has 0 aliphatic carbocycles. The molecule has 1 rings (SSSR count). The number of amides is 1. The lowest BCUT2D eigenvalue weighted by atomic mass is 9.91. The third-order valence-electron chi connectivity index (χ3n) is 4.01. The lowest BCUT2D eigenvalue weighted by Crippen LogP contribution is -2.52. The normalized spacial score (nSPS) is 24.9. The average molecular weight is 255 g/mol. The van der Waals surface area contributed by atoms with E-state index in [1.165, 1.54) is 12.8 Å². The van der Waals surface area contributed by atoms with Gasteiger partial charge in [0.15, 0.2) is 0 Å². The summed E-state index contributed by atoms with van der Waals surface area (Å²) >= 11 is 0. The molecule has 0 aromatic rings. The van der Waals surface area contributed by atoms with Crippen LogP contribution in [0, 0.1) is 5.92 Å². The Bertz CT molecular complexity index is 268. The van der Waals surface area contributed by atoms with Crippen molar-refractivity contribution in [1.82, 2.24) is 15.5 Å². The summed E-state index contributed by atoms with van der Waals surface area (Å²) in [5.41, 5.74) is 0. The molecule has 1 amide bonds. The number of likely N-dealkylation sites (tertiary alicyclic amines) is 1. The first-order chi connectivity index (χ1) is 8.45. The zero-order valence-electron chi connectivity index (χ0n) is 12.5. The number of carbonyl (C=O) groups excluding carboxylic acids is 1. The molecule has 0 aromatic heterocycles. The van der Waals surface area contributed by atoms with Gasteiger partial charge in [-0.05, 0) is 60.0 Å². The zero-order chi connectivity index (χ0) is 13.7. The van der Waals surface area contributed by atoms with E-state index >= 15 is 0 Å². The van der Waals surface area contributed by atoms with Crippen LogP contribution < -0.4 is 10.6 Å². The van der Waals surface area contributed by atoms with E-state index in [0.29, 0.717) is 12.0 Å². The van der Waals surface area contributed by atoms with E-state index in [4.69, 9.17) is 0 Å². The van der Waals surface area contributed by atoms with E-state index in [-0.39, 0.29) is 18.0 Å². The first-order valence-electron chi connectivity index (χ1n) is 7.17. The predicted octanol–water partition coefficient (Wildman–Crippen LogP) is 1.22. The highest BCUT2D eigenvalue weighted by Gasteiger charge is 2.29. The number of hydrogen-bond acceptors (Lipinski definition) is 3. The van der Waals surface area contributed by atoms with Crippen LogP contribution in [0.15, 0.2) is 0 Å². The van der Waals surface area contributed by atoms with Crippen molar-refractivity contribution in [1.29, 1.82) is 0 Å². The van der Waals surface area contributed by atoms with E-state index in [0.717, 1.165) is 13.1 Å². The molecule has 0 bridgehead atoms. The van der Waals surface area contributed by atoms with Crippen LogP contribution in [0.25, 0.3) is 0 Å². The highest BCUT2D eigenvalue weighted by molar-refractivity contribution is 5.81. The van der Waals surface area contributed by atoms with Gasteiger partial charge in [-0.15, -0.1) is 0 Å². The molecule has 1 aliphatic heterocycles. The van der Waals surface area contributed by atoms with Gasteiger partial charge in [0.25, 0.3) is 0 Å². The van der Waals surface area contributed by atoms with Gasteiger partial charge in [0, 0.05) is 18.6 Å². The third-order valence-corrected chi connectivity index (χ3v) is 4.01. The lowest BCUT2D eigenvalue weighted by Gasteiger charge is -2.38. The summed E-state index contributed by atoms with van der Waals surface area (Å²) in [5, 5.41) is 6.33. The molecule has 1 saturated heterocycles. The highest BCUT2D eigenvalue weighted by atomic mass is 16.2. The molecular weight excluding hydrogens is 226 g/mol. The summed E-state index contributed by atoms with van der Waals surface area (Å²) in [5.74, 6) is 0.806. The second-order valence-electron chi connectivity index (χ2n) is 5.81. The Balaban J connectivity index is 2.52. The van der Waals surface area contributed by atoms with Gasteiger partial charge in [-0.2, -0.15) is 0 Å². The van der Waals surface area contributed by atoms with Gasteiger partial charge >= 0.3 is 0 Å². The Hall–Kier alpha value is -0.610. The minimum Gasteiger partial charge on any atom is -0.353 e. The second-order valence-corrected chi connectivity index (χ2v) is 5.81. The molecular formula is C14H29N3O. The number of carbonyl (C=O) groups is 1. The maximum absolute atomic E-state index is 12.0. The maximum Gasteiger partial charge on any atom is 0.237 e. The molecule has 3 unspecified atom stereocenters. The minimum atomic E-state index is -0.0146. The number of piperidine rings is 1. The van der Waals surface area contributed by atoms with Crippen LogP contribution in [-0.4, -0.2) is 49.1 Å². The lowest BCUT2D eigenvalue weighted by molar-refractivity contribution is -0.127. The summed E-state index contributed by atoms with van der Waals surface area (Å²) in [6.07, 6.45) is 2.45. The highest BCUT2D eigenvalue weighted by Crippen LogP contribution is 2.21. The van der Waals surface area contributed by atoms with Crippen LogP contribution in [0.2, 0.25) is 0 Å². The third kappa shape index (κ3) is 4.25. The summed E-state index contributed by atoms with van der Waals surface area (Å²) < 4.78 is 0. The van der Waals surface area contributed by atoms with Gasteiger partial charge in [-0.25, -0.2) is 0 Å². The zero-order valence-corrected chi connectivity index (χ0v) is 12.5. The van der Waals surface area contributed by atoms with Crippen molar-refractivity contribution in [2.24, 2.45) is 5.92 Å². The Morgan fingerprint density at radius 3 is 2.50 bits per heavy atom. The molecule has 1 heterocycles. The first kappa shape index (κ1) is 15.4. The molecule has 4 nitrogen and oxygen atoms in total. The van der Waals surface area contributed by atoms with E-state index in [1.54, 1.807) is 0 Å². The fourth-order valence-corrected chi connectivity index (χ4v) is 2.61. The van der Waals surface area contributed by atoms with Crippen LogP contribution in [0.3, 0.4) is 0 Å². The van der Waals surface area contributed by atoms with Crippen LogP contribution in [-0.2, 0) is 4.79 Å². The van der Waals surface area contributed by atoms with Crippen molar-refractivity contribution in [3.05, 3.63) is 0 Å². The number of rotatable bonds is 5. The first-order valence-corrected chi connectivity index (χ1v) is 7.17. The molecule has 0 radical (unpaired) electrons. The van der Waals surface area contributed by atoms with Crippen molar-refractivity contribution in [3.63, 3.8) is 0 Å². The van der Waals surface area contributed by atoms with Gasteiger partial charge in [0.05, 0.1) is 6.04 Å². The molecule has 0 aromatic carbocycles. The van der Waals surface area contributed by atoms with Crippen LogP contribution >= 0.6 is 0 Å². The topological polar surface area (TPSA) is 44.4 Å². The summed E-state index contributed by atoms with van der Waals surface area (Å²) in [7, 11) is 2.01.